The van der Waals surface area contributed by atoms with E-state index in [1.54, 1.807) is 12.1 Å². The fourth-order valence-electron chi connectivity index (χ4n) is 1.20. The highest BCUT2D eigenvalue weighted by Crippen LogP contribution is 2.27. The zero-order valence-electron chi connectivity index (χ0n) is 6.54. The summed E-state index contributed by atoms with van der Waals surface area (Å²) in [6.45, 7) is 3.76. The molecule has 0 saturated carbocycles. The molecule has 0 atom stereocenters. The van der Waals surface area contributed by atoms with Crippen molar-refractivity contribution in [2.45, 2.75) is 0 Å². The lowest BCUT2D eigenvalue weighted by Gasteiger charge is -2.14. The molecule has 2 nitrogen and oxygen atoms in total. The van der Waals surface area contributed by atoms with E-state index < -0.39 is 0 Å². The summed E-state index contributed by atoms with van der Waals surface area (Å²) in [5.41, 5.74) is 2.82. The second kappa shape index (κ2) is 2.41. The molecule has 0 fully saturated rings. The Morgan fingerprint density at radius 3 is 2.92 bits per heavy atom. The maximum atomic E-state index is 9.18. The Bertz CT molecular complexity index is 366. The van der Waals surface area contributed by atoms with Gasteiger partial charge in [0, 0.05) is 17.5 Å². The van der Waals surface area contributed by atoms with E-state index in [1.165, 1.54) is 0 Å². The SMILES string of the molecule is C=C1C=Cc2ccc(O)cc2N1. The molecule has 0 aromatic heterocycles. The van der Waals surface area contributed by atoms with Gasteiger partial charge in [-0.25, -0.2) is 0 Å². The summed E-state index contributed by atoms with van der Waals surface area (Å²) in [5, 5.41) is 12.2. The Labute approximate surface area is 70.9 Å². The molecule has 2 rings (SSSR count). The van der Waals surface area contributed by atoms with Gasteiger partial charge in [-0.15, -0.1) is 0 Å². The smallest absolute Gasteiger partial charge is 0.117 e. The summed E-state index contributed by atoms with van der Waals surface area (Å²) in [7, 11) is 0. The monoisotopic (exact) mass is 159 g/mol. The van der Waals surface area contributed by atoms with Gasteiger partial charge in [0.05, 0.1) is 0 Å². The fraction of sp³-hybridized carbons (Fsp3) is 0. The van der Waals surface area contributed by atoms with Crippen molar-refractivity contribution in [3.63, 3.8) is 0 Å². The first-order chi connectivity index (χ1) is 5.75. The number of nitrogens with one attached hydrogen (secondary N) is 1. The maximum absolute atomic E-state index is 9.18. The summed E-state index contributed by atoms with van der Waals surface area (Å²) < 4.78 is 0. The lowest BCUT2D eigenvalue weighted by atomic mass is 10.1. The van der Waals surface area contributed by atoms with Gasteiger partial charge >= 0.3 is 0 Å². The van der Waals surface area contributed by atoms with Crippen LogP contribution in [0.4, 0.5) is 5.69 Å². The zero-order valence-corrected chi connectivity index (χ0v) is 6.54. The molecule has 2 N–H and O–H groups in total. The first kappa shape index (κ1) is 6.98. The van der Waals surface area contributed by atoms with Gasteiger partial charge in [0.1, 0.15) is 5.75 Å². The summed E-state index contributed by atoms with van der Waals surface area (Å²) >= 11 is 0. The minimum Gasteiger partial charge on any atom is -0.508 e. The van der Waals surface area contributed by atoms with Crippen LogP contribution in [0.5, 0.6) is 5.75 Å². The van der Waals surface area contributed by atoms with Crippen LogP contribution < -0.4 is 5.32 Å². The van der Waals surface area contributed by atoms with Gasteiger partial charge in [-0.3, -0.25) is 0 Å². The van der Waals surface area contributed by atoms with E-state index in [0.717, 1.165) is 16.9 Å². The summed E-state index contributed by atoms with van der Waals surface area (Å²) in [6, 6.07) is 5.21. The lowest BCUT2D eigenvalue weighted by Crippen LogP contribution is -2.00. The number of anilines is 1. The van der Waals surface area contributed by atoms with Crippen LogP contribution in [0.25, 0.3) is 6.08 Å². The number of fused-ring (bicyclic) bond motifs is 1. The van der Waals surface area contributed by atoms with E-state index in [4.69, 9.17) is 0 Å². The number of hydrogen-bond donors (Lipinski definition) is 2. The van der Waals surface area contributed by atoms with Gasteiger partial charge in [-0.05, 0) is 23.8 Å². The molecule has 1 aromatic carbocycles. The first-order valence-electron chi connectivity index (χ1n) is 3.73. The minimum absolute atomic E-state index is 0.268. The number of rotatable bonds is 0. The van der Waals surface area contributed by atoms with Crippen LogP contribution in [0, 0.1) is 0 Å². The topological polar surface area (TPSA) is 32.3 Å². The largest absolute Gasteiger partial charge is 0.508 e. The second-order valence-electron chi connectivity index (χ2n) is 2.76. The predicted molar refractivity (Wildman–Crippen MR) is 49.9 cm³/mol. The minimum atomic E-state index is 0.268. The van der Waals surface area contributed by atoms with Gasteiger partial charge in [0.2, 0.25) is 0 Å². The molecule has 1 heterocycles. The second-order valence-corrected chi connectivity index (χ2v) is 2.76. The van der Waals surface area contributed by atoms with Crippen molar-refractivity contribution in [3.8, 4) is 5.75 Å². The highest BCUT2D eigenvalue weighted by molar-refractivity contribution is 5.75. The fourth-order valence-corrected chi connectivity index (χ4v) is 1.20. The molecule has 0 radical (unpaired) electrons. The number of benzene rings is 1. The third-order valence-electron chi connectivity index (χ3n) is 1.80. The van der Waals surface area contributed by atoms with Crippen LogP contribution in [-0.2, 0) is 0 Å². The maximum Gasteiger partial charge on any atom is 0.117 e. The van der Waals surface area contributed by atoms with E-state index in [9.17, 15) is 5.11 Å². The van der Waals surface area contributed by atoms with Gasteiger partial charge in [0.25, 0.3) is 0 Å². The van der Waals surface area contributed by atoms with Crippen LogP contribution in [0.1, 0.15) is 5.56 Å². The Hall–Kier alpha value is -1.70. The Morgan fingerprint density at radius 2 is 2.08 bits per heavy atom. The molecule has 0 amide bonds. The number of aromatic hydroxyl groups is 1. The van der Waals surface area contributed by atoms with E-state index in [-0.39, 0.29) is 5.75 Å². The molecule has 1 aromatic rings. The van der Waals surface area contributed by atoms with E-state index in [2.05, 4.69) is 11.9 Å². The Balaban J connectivity index is 2.54. The molecular weight excluding hydrogens is 150 g/mol. The van der Waals surface area contributed by atoms with Gasteiger partial charge in [-0.2, -0.15) is 0 Å². The predicted octanol–water partition coefficient (Wildman–Crippen LogP) is 2.34. The average Bonchev–Trinajstić information content (AvgIpc) is 2.03. The van der Waals surface area contributed by atoms with Gasteiger partial charge < -0.3 is 10.4 Å². The number of hydrogen-bond acceptors (Lipinski definition) is 2. The van der Waals surface area contributed by atoms with E-state index in [1.807, 2.05) is 18.2 Å². The van der Waals surface area contributed by atoms with Gasteiger partial charge in [-0.1, -0.05) is 12.7 Å². The molecule has 2 heteroatoms. The number of allylic oxidation sites excluding steroid dienone is 1. The van der Waals surface area contributed by atoms with E-state index in [0.29, 0.717) is 0 Å². The van der Waals surface area contributed by atoms with Crippen LogP contribution in [0.3, 0.4) is 0 Å². The molecule has 1 aliphatic heterocycles. The molecule has 0 bridgehead atoms. The van der Waals surface area contributed by atoms with Crippen molar-refractivity contribution >= 4 is 11.8 Å². The van der Waals surface area contributed by atoms with Crippen molar-refractivity contribution in [3.05, 3.63) is 42.1 Å². The molecule has 0 saturated heterocycles. The van der Waals surface area contributed by atoms with Gasteiger partial charge in [0.15, 0.2) is 0 Å². The van der Waals surface area contributed by atoms with Crippen molar-refractivity contribution in [2.24, 2.45) is 0 Å². The molecule has 0 spiro atoms. The third-order valence-corrected chi connectivity index (χ3v) is 1.80. The molecule has 12 heavy (non-hydrogen) atoms. The number of phenols is 1. The van der Waals surface area contributed by atoms with Crippen molar-refractivity contribution in [1.82, 2.24) is 0 Å². The standard InChI is InChI=1S/C10H9NO/c1-7-2-3-8-4-5-9(12)6-10(8)11-7/h2-6,11-12H,1H2. The van der Waals surface area contributed by atoms with Crippen molar-refractivity contribution < 1.29 is 5.11 Å². The Kier molecular flexibility index (Phi) is 1.40. The first-order valence-corrected chi connectivity index (χ1v) is 3.73. The highest BCUT2D eigenvalue weighted by atomic mass is 16.3. The van der Waals surface area contributed by atoms with Crippen LogP contribution in [0.15, 0.2) is 36.6 Å². The lowest BCUT2D eigenvalue weighted by molar-refractivity contribution is 0.475. The molecule has 60 valence electrons. The highest BCUT2D eigenvalue weighted by Gasteiger charge is 2.05. The Morgan fingerprint density at radius 1 is 1.25 bits per heavy atom. The van der Waals surface area contributed by atoms with Crippen molar-refractivity contribution in [2.75, 3.05) is 5.32 Å². The van der Waals surface area contributed by atoms with Crippen LogP contribution in [-0.4, -0.2) is 5.11 Å². The zero-order chi connectivity index (χ0) is 8.55. The normalized spacial score (nSPS) is 13.8. The molecular formula is C10H9NO. The summed E-state index contributed by atoms with van der Waals surface area (Å²) in [4.78, 5) is 0. The third kappa shape index (κ3) is 1.07. The van der Waals surface area contributed by atoms with Crippen LogP contribution in [0.2, 0.25) is 0 Å². The molecule has 0 aliphatic carbocycles. The average molecular weight is 159 g/mol. The number of phenolic OH excluding ortho intramolecular Hbond substituents is 1. The van der Waals surface area contributed by atoms with Crippen molar-refractivity contribution in [1.29, 1.82) is 0 Å². The molecule has 1 aliphatic rings. The summed E-state index contributed by atoms with van der Waals surface area (Å²) in [5.74, 6) is 0.268. The quantitative estimate of drug-likeness (QED) is 0.609. The van der Waals surface area contributed by atoms with E-state index >= 15 is 0 Å². The van der Waals surface area contributed by atoms with Crippen LogP contribution >= 0.6 is 0 Å². The molecule has 0 unspecified atom stereocenters. The summed E-state index contributed by atoms with van der Waals surface area (Å²) in [6.07, 6.45) is 3.87.